The second-order valence-corrected chi connectivity index (χ2v) is 6.62. The van der Waals surface area contributed by atoms with Gasteiger partial charge in [0.2, 0.25) is 0 Å². The molecule has 146 valence electrons. The van der Waals surface area contributed by atoms with Gasteiger partial charge in [-0.25, -0.2) is 14.4 Å². The Hall–Kier alpha value is -2.57. The largest absolute Gasteiger partial charge is 0.340 e. The van der Waals surface area contributed by atoms with Crippen molar-refractivity contribution >= 4 is 23.1 Å². The summed E-state index contributed by atoms with van der Waals surface area (Å²) >= 11 is 6.05. The molecule has 0 fully saturated rings. The van der Waals surface area contributed by atoms with Gasteiger partial charge in [0.05, 0.1) is 11.3 Å². The van der Waals surface area contributed by atoms with Gasteiger partial charge >= 0.3 is 0 Å². The van der Waals surface area contributed by atoms with Gasteiger partial charge in [0.1, 0.15) is 11.6 Å². The molecule has 3 aromatic rings. The van der Waals surface area contributed by atoms with Crippen molar-refractivity contribution < 1.29 is 4.39 Å². The quantitative estimate of drug-likeness (QED) is 0.644. The molecule has 4 rings (SSSR count). The van der Waals surface area contributed by atoms with Crippen LogP contribution in [0.4, 0.5) is 15.9 Å². The zero-order chi connectivity index (χ0) is 20.1. The Morgan fingerprint density at radius 2 is 2.00 bits per heavy atom. The van der Waals surface area contributed by atoms with E-state index in [-0.39, 0.29) is 0 Å². The van der Waals surface area contributed by atoms with E-state index < -0.39 is 5.82 Å². The van der Waals surface area contributed by atoms with Gasteiger partial charge in [-0.2, -0.15) is 0 Å². The summed E-state index contributed by atoms with van der Waals surface area (Å²) in [5.74, 6) is 0.611. The van der Waals surface area contributed by atoms with Crippen molar-refractivity contribution in [1.82, 2.24) is 20.3 Å². The van der Waals surface area contributed by atoms with Crippen molar-refractivity contribution in [3.05, 3.63) is 64.3 Å². The molecule has 5 nitrogen and oxygen atoms in total. The molecule has 0 bridgehead atoms. The van der Waals surface area contributed by atoms with E-state index in [1.807, 2.05) is 26.8 Å². The predicted molar refractivity (Wildman–Crippen MR) is 111 cm³/mol. The zero-order valence-electron chi connectivity index (χ0n) is 16.2. The summed E-state index contributed by atoms with van der Waals surface area (Å²) in [5, 5.41) is 7.14. The molecule has 1 aromatic carbocycles. The SMILES string of the molecule is CC.Cc1cnccc1Nc1nc(-c2cc(Cl)ccc2F)nc2c1CNCC2. The standard InChI is InChI=1S/C19H17ClFN5.C2H6/c1-11-9-22-6-4-16(11)24-19-14-10-23-7-5-17(14)25-18(26-19)13-8-12(20)2-3-15(13)21;1-2/h2-4,6,8-9,23H,5,7,10H2,1H3,(H,22,24,25,26);1-2H3. The van der Waals surface area contributed by atoms with Crippen molar-refractivity contribution in [3.63, 3.8) is 0 Å². The van der Waals surface area contributed by atoms with Gasteiger partial charge < -0.3 is 10.6 Å². The highest BCUT2D eigenvalue weighted by molar-refractivity contribution is 6.30. The molecular weight excluding hydrogens is 377 g/mol. The number of anilines is 2. The third kappa shape index (κ3) is 4.29. The Morgan fingerprint density at radius 3 is 2.79 bits per heavy atom. The minimum Gasteiger partial charge on any atom is -0.340 e. The molecule has 0 aliphatic carbocycles. The summed E-state index contributed by atoms with van der Waals surface area (Å²) in [5.41, 5.74) is 4.12. The number of fused-ring (bicyclic) bond motifs is 1. The normalized spacial score (nSPS) is 12.6. The molecule has 0 unspecified atom stereocenters. The number of nitrogens with zero attached hydrogens (tertiary/aromatic N) is 3. The van der Waals surface area contributed by atoms with E-state index in [0.29, 0.717) is 28.8 Å². The lowest BCUT2D eigenvalue weighted by atomic mass is 10.1. The molecule has 0 spiro atoms. The summed E-state index contributed by atoms with van der Waals surface area (Å²) < 4.78 is 14.3. The fraction of sp³-hybridized carbons (Fsp3) is 0.286. The van der Waals surface area contributed by atoms with Crippen LogP contribution in [0.5, 0.6) is 0 Å². The van der Waals surface area contributed by atoms with Crippen molar-refractivity contribution in [3.8, 4) is 11.4 Å². The highest BCUT2D eigenvalue weighted by atomic mass is 35.5. The fourth-order valence-electron chi connectivity index (χ4n) is 2.98. The molecule has 1 aliphatic rings. The number of aryl methyl sites for hydroxylation is 1. The van der Waals surface area contributed by atoms with Gasteiger partial charge in [0.15, 0.2) is 5.82 Å². The molecule has 2 N–H and O–H groups in total. The number of halogens is 2. The highest BCUT2D eigenvalue weighted by Crippen LogP contribution is 2.30. The Kier molecular flexibility index (Phi) is 6.54. The minimum absolute atomic E-state index is 0.299. The van der Waals surface area contributed by atoms with Crippen LogP contribution < -0.4 is 10.6 Å². The summed E-state index contributed by atoms with van der Waals surface area (Å²) in [4.78, 5) is 13.3. The third-order valence-electron chi connectivity index (χ3n) is 4.38. The zero-order valence-corrected chi connectivity index (χ0v) is 16.9. The minimum atomic E-state index is -0.394. The first-order chi connectivity index (χ1) is 13.6. The molecule has 0 saturated heterocycles. The number of hydrogen-bond donors (Lipinski definition) is 2. The molecule has 7 heteroatoms. The van der Waals surface area contributed by atoms with Gasteiger partial charge in [-0.05, 0) is 36.8 Å². The van der Waals surface area contributed by atoms with Gasteiger partial charge in [-0.1, -0.05) is 25.4 Å². The van der Waals surface area contributed by atoms with Crippen LogP contribution in [-0.2, 0) is 13.0 Å². The molecular formula is C21H23ClFN5. The lowest BCUT2D eigenvalue weighted by Crippen LogP contribution is -2.26. The summed E-state index contributed by atoms with van der Waals surface area (Å²) in [6.07, 6.45) is 4.27. The molecule has 0 radical (unpaired) electrons. The Morgan fingerprint density at radius 1 is 1.18 bits per heavy atom. The monoisotopic (exact) mass is 399 g/mol. The smallest absolute Gasteiger partial charge is 0.164 e. The van der Waals surface area contributed by atoms with E-state index in [2.05, 4.69) is 25.6 Å². The maximum Gasteiger partial charge on any atom is 0.164 e. The van der Waals surface area contributed by atoms with Crippen LogP contribution >= 0.6 is 11.6 Å². The molecule has 28 heavy (non-hydrogen) atoms. The Balaban J connectivity index is 0.00000109. The molecule has 1 aliphatic heterocycles. The fourth-order valence-corrected chi connectivity index (χ4v) is 3.15. The molecule has 0 saturated carbocycles. The summed E-state index contributed by atoms with van der Waals surface area (Å²) in [6.45, 7) is 7.47. The van der Waals surface area contributed by atoms with E-state index in [1.54, 1.807) is 18.5 Å². The van der Waals surface area contributed by atoms with Crippen LogP contribution in [0.1, 0.15) is 30.7 Å². The van der Waals surface area contributed by atoms with E-state index >= 15 is 0 Å². The summed E-state index contributed by atoms with van der Waals surface area (Å²) in [7, 11) is 0. The summed E-state index contributed by atoms with van der Waals surface area (Å²) in [6, 6.07) is 6.30. The van der Waals surface area contributed by atoms with Crippen LogP contribution in [0.25, 0.3) is 11.4 Å². The van der Waals surface area contributed by atoms with E-state index in [1.165, 1.54) is 12.1 Å². The topological polar surface area (TPSA) is 62.7 Å². The maximum absolute atomic E-state index is 14.3. The second-order valence-electron chi connectivity index (χ2n) is 6.19. The van der Waals surface area contributed by atoms with Crippen LogP contribution in [0.15, 0.2) is 36.7 Å². The van der Waals surface area contributed by atoms with Gasteiger partial charge in [-0.15, -0.1) is 0 Å². The number of aromatic nitrogens is 3. The number of pyridine rings is 1. The van der Waals surface area contributed by atoms with Gasteiger partial charge in [0.25, 0.3) is 0 Å². The first-order valence-electron chi connectivity index (χ1n) is 9.35. The second kappa shape index (κ2) is 9.08. The van der Waals surface area contributed by atoms with E-state index in [0.717, 1.165) is 35.5 Å². The van der Waals surface area contributed by atoms with Gasteiger partial charge in [-0.3, -0.25) is 4.98 Å². The maximum atomic E-state index is 14.3. The number of hydrogen-bond acceptors (Lipinski definition) is 5. The average molecular weight is 400 g/mol. The van der Waals surface area contributed by atoms with E-state index in [9.17, 15) is 4.39 Å². The first kappa shape index (κ1) is 20.2. The van der Waals surface area contributed by atoms with Crippen molar-refractivity contribution in [2.24, 2.45) is 0 Å². The number of nitrogens with one attached hydrogen (secondary N) is 2. The molecule has 2 aromatic heterocycles. The molecule has 0 atom stereocenters. The Labute approximate surface area is 169 Å². The molecule has 0 amide bonds. The van der Waals surface area contributed by atoms with Crippen molar-refractivity contribution in [2.75, 3.05) is 11.9 Å². The van der Waals surface area contributed by atoms with Crippen LogP contribution in [-0.4, -0.2) is 21.5 Å². The lowest BCUT2D eigenvalue weighted by molar-refractivity contribution is 0.622. The third-order valence-corrected chi connectivity index (χ3v) is 4.61. The Bertz CT molecular complexity index is 977. The lowest BCUT2D eigenvalue weighted by Gasteiger charge is -2.21. The van der Waals surface area contributed by atoms with E-state index in [4.69, 9.17) is 11.6 Å². The van der Waals surface area contributed by atoms with Crippen molar-refractivity contribution in [1.29, 1.82) is 0 Å². The van der Waals surface area contributed by atoms with Crippen molar-refractivity contribution in [2.45, 2.75) is 33.7 Å². The van der Waals surface area contributed by atoms with Crippen LogP contribution in [0, 0.1) is 12.7 Å². The average Bonchev–Trinajstić information content (AvgIpc) is 2.73. The van der Waals surface area contributed by atoms with Crippen LogP contribution in [0.2, 0.25) is 5.02 Å². The number of rotatable bonds is 3. The predicted octanol–water partition coefficient (Wildman–Crippen LogP) is 5.06. The molecule has 3 heterocycles. The van der Waals surface area contributed by atoms with Gasteiger partial charge in [0, 0.05) is 48.2 Å². The highest BCUT2D eigenvalue weighted by Gasteiger charge is 2.20. The number of benzene rings is 1. The van der Waals surface area contributed by atoms with Crippen LogP contribution in [0.3, 0.4) is 0 Å². The first-order valence-corrected chi connectivity index (χ1v) is 9.73.